The molecular weight excluding hydrogens is 212 g/mol. The number of nitrogens with zero attached hydrogens (tertiary/aromatic N) is 1. The number of carboxylic acid groups (broad SMARTS) is 1. The fourth-order valence-electron chi connectivity index (χ4n) is 0.625. The summed E-state index contributed by atoms with van der Waals surface area (Å²) < 4.78 is 28.5. The summed E-state index contributed by atoms with van der Waals surface area (Å²) >= 11 is 0. The first-order chi connectivity index (χ1) is 6.44. The predicted molar refractivity (Wildman–Crippen MR) is 46.5 cm³/mol. The molecule has 0 unspecified atom stereocenters. The number of carbonyl (C=O) groups is 1. The first kappa shape index (κ1) is 10.5. The Hall–Kier alpha value is -1.57. The third-order valence-electron chi connectivity index (χ3n) is 1.34. The maximum atomic E-state index is 11.0. The van der Waals surface area contributed by atoms with Gasteiger partial charge in [0.2, 0.25) is 15.8 Å². The number of aromatic carboxylic acids is 1. The van der Waals surface area contributed by atoms with Crippen molar-refractivity contribution in [2.24, 2.45) is 0 Å². The van der Waals surface area contributed by atoms with Gasteiger partial charge < -0.3 is 9.52 Å². The lowest BCUT2D eigenvalue weighted by atomic mass is 10.5. The van der Waals surface area contributed by atoms with Crippen molar-refractivity contribution in [2.45, 2.75) is 6.92 Å². The van der Waals surface area contributed by atoms with E-state index in [0.29, 0.717) is 0 Å². The predicted octanol–water partition coefficient (Wildman–Crippen LogP) is 0.134. The van der Waals surface area contributed by atoms with Crippen LogP contribution in [0.1, 0.15) is 17.5 Å². The van der Waals surface area contributed by atoms with Gasteiger partial charge in [0.05, 0.1) is 11.9 Å². The van der Waals surface area contributed by atoms with E-state index in [4.69, 9.17) is 5.11 Å². The number of aromatic nitrogens is 1. The molecule has 2 N–H and O–H groups in total. The minimum atomic E-state index is -3.48. The molecular formula is C6H8N2O5S. The maximum absolute atomic E-state index is 11.0. The fraction of sp³-hybridized carbons (Fsp3) is 0.333. The minimum Gasteiger partial charge on any atom is -0.475 e. The first-order valence-corrected chi connectivity index (χ1v) is 5.29. The van der Waals surface area contributed by atoms with Crippen LogP contribution in [0.4, 0.5) is 6.01 Å². The number of oxazole rings is 1. The first-order valence-electron chi connectivity index (χ1n) is 3.64. The van der Waals surface area contributed by atoms with Crippen LogP contribution in [0.25, 0.3) is 0 Å². The van der Waals surface area contributed by atoms with Crippen molar-refractivity contribution in [1.82, 2.24) is 4.98 Å². The Labute approximate surface area is 79.8 Å². The van der Waals surface area contributed by atoms with Gasteiger partial charge in [0.15, 0.2) is 0 Å². The molecule has 1 aromatic heterocycles. The summed E-state index contributed by atoms with van der Waals surface area (Å²) in [5.41, 5.74) is 0. The van der Waals surface area contributed by atoms with Gasteiger partial charge in [-0.2, -0.15) is 0 Å². The molecule has 0 fully saturated rings. The van der Waals surface area contributed by atoms with Gasteiger partial charge in [-0.1, -0.05) is 0 Å². The molecule has 0 saturated carbocycles. The molecule has 78 valence electrons. The summed E-state index contributed by atoms with van der Waals surface area (Å²) in [7, 11) is -3.48. The van der Waals surface area contributed by atoms with E-state index in [9.17, 15) is 13.2 Å². The highest BCUT2D eigenvalue weighted by Gasteiger charge is 2.14. The smallest absolute Gasteiger partial charge is 0.373 e. The molecule has 7 nitrogen and oxygen atoms in total. The van der Waals surface area contributed by atoms with Crippen molar-refractivity contribution >= 4 is 22.0 Å². The maximum Gasteiger partial charge on any atom is 0.373 e. The molecule has 0 aliphatic carbocycles. The monoisotopic (exact) mass is 220 g/mol. The zero-order chi connectivity index (χ0) is 10.8. The van der Waals surface area contributed by atoms with Gasteiger partial charge >= 0.3 is 12.0 Å². The van der Waals surface area contributed by atoms with Crippen LogP contribution in [0.15, 0.2) is 10.6 Å². The van der Waals surface area contributed by atoms with Gasteiger partial charge in [0.1, 0.15) is 0 Å². The standard InChI is InChI=1S/C6H8N2O5S/c1-2-14(11,12)8-6-7-3-4(13-6)5(9)10/h3H,2H2,1H3,(H,7,8)(H,9,10). The molecule has 0 saturated heterocycles. The van der Waals surface area contributed by atoms with Crippen LogP contribution in [0.5, 0.6) is 0 Å². The second-order valence-electron chi connectivity index (χ2n) is 2.34. The number of rotatable bonds is 4. The molecule has 0 spiro atoms. The number of hydrogen-bond acceptors (Lipinski definition) is 5. The van der Waals surface area contributed by atoms with Gasteiger partial charge in [-0.05, 0) is 6.92 Å². The van der Waals surface area contributed by atoms with Gasteiger partial charge in [0, 0.05) is 0 Å². The molecule has 14 heavy (non-hydrogen) atoms. The van der Waals surface area contributed by atoms with Crippen molar-refractivity contribution in [3.8, 4) is 0 Å². The highest BCUT2D eigenvalue weighted by atomic mass is 32.2. The van der Waals surface area contributed by atoms with E-state index in [0.717, 1.165) is 6.20 Å². The Bertz CT molecular complexity index is 435. The Balaban J connectivity index is 2.84. The summed E-state index contributed by atoms with van der Waals surface area (Å²) in [6.45, 7) is 1.43. The molecule has 0 radical (unpaired) electrons. The second kappa shape index (κ2) is 3.66. The van der Waals surface area contributed by atoms with E-state index < -0.39 is 21.8 Å². The average molecular weight is 220 g/mol. The van der Waals surface area contributed by atoms with Gasteiger partial charge in [-0.25, -0.2) is 22.9 Å². The quantitative estimate of drug-likeness (QED) is 0.746. The average Bonchev–Trinajstić information content (AvgIpc) is 2.52. The number of anilines is 1. The summed E-state index contributed by atoms with van der Waals surface area (Å²) in [6.07, 6.45) is 0.926. The summed E-state index contributed by atoms with van der Waals surface area (Å²) in [5, 5.41) is 8.44. The SMILES string of the molecule is CCS(=O)(=O)Nc1ncc(C(=O)O)o1. The minimum absolute atomic E-state index is 0.141. The lowest BCUT2D eigenvalue weighted by Crippen LogP contribution is -2.14. The Morgan fingerprint density at radius 2 is 2.36 bits per heavy atom. The largest absolute Gasteiger partial charge is 0.475 e. The van der Waals surface area contributed by atoms with E-state index in [-0.39, 0.29) is 11.8 Å². The molecule has 1 aromatic rings. The molecule has 8 heteroatoms. The molecule has 1 rings (SSSR count). The molecule has 0 aromatic carbocycles. The van der Waals surface area contributed by atoms with Crippen LogP contribution < -0.4 is 4.72 Å². The zero-order valence-electron chi connectivity index (χ0n) is 7.22. The summed E-state index contributed by atoms with van der Waals surface area (Å²) in [5.74, 6) is -1.86. The molecule has 0 atom stereocenters. The van der Waals surface area contributed by atoms with Gasteiger partial charge in [-0.3, -0.25) is 0 Å². The Morgan fingerprint density at radius 1 is 1.71 bits per heavy atom. The number of carboxylic acids is 1. The van der Waals surface area contributed by atoms with Crippen LogP contribution in [-0.2, 0) is 10.0 Å². The van der Waals surface area contributed by atoms with Crippen molar-refractivity contribution in [3.63, 3.8) is 0 Å². The number of nitrogens with one attached hydrogen (secondary N) is 1. The Morgan fingerprint density at radius 3 is 2.79 bits per heavy atom. The number of hydrogen-bond donors (Lipinski definition) is 2. The third kappa shape index (κ3) is 2.46. The molecule has 0 bridgehead atoms. The topological polar surface area (TPSA) is 110 Å². The van der Waals surface area contributed by atoms with Crippen LogP contribution in [0, 0.1) is 0 Å². The van der Waals surface area contributed by atoms with Gasteiger partial charge in [-0.15, -0.1) is 0 Å². The Kier molecular flexibility index (Phi) is 2.75. The van der Waals surface area contributed by atoms with Crippen molar-refractivity contribution in [2.75, 3.05) is 10.5 Å². The van der Waals surface area contributed by atoms with Gasteiger partial charge in [0.25, 0.3) is 0 Å². The summed E-state index contributed by atoms with van der Waals surface area (Å²) in [4.78, 5) is 13.8. The number of sulfonamides is 1. The molecule has 0 aliphatic heterocycles. The molecule has 1 heterocycles. The lowest BCUT2D eigenvalue weighted by Gasteiger charge is -1.98. The normalized spacial score (nSPS) is 11.2. The van der Waals surface area contributed by atoms with Crippen molar-refractivity contribution in [1.29, 1.82) is 0 Å². The van der Waals surface area contributed by atoms with Crippen molar-refractivity contribution < 1.29 is 22.7 Å². The fourth-order valence-corrected chi connectivity index (χ4v) is 1.13. The van der Waals surface area contributed by atoms with Crippen LogP contribution in [0.2, 0.25) is 0 Å². The lowest BCUT2D eigenvalue weighted by molar-refractivity contribution is 0.0663. The molecule has 0 aliphatic rings. The van der Waals surface area contributed by atoms with Crippen LogP contribution >= 0.6 is 0 Å². The highest BCUT2D eigenvalue weighted by Crippen LogP contribution is 2.10. The van der Waals surface area contributed by atoms with E-state index in [2.05, 4.69) is 9.40 Å². The second-order valence-corrected chi connectivity index (χ2v) is 4.35. The van der Waals surface area contributed by atoms with Crippen LogP contribution in [-0.4, -0.2) is 30.2 Å². The van der Waals surface area contributed by atoms with E-state index >= 15 is 0 Å². The van der Waals surface area contributed by atoms with E-state index in [1.165, 1.54) is 6.92 Å². The molecule has 0 amide bonds. The van der Waals surface area contributed by atoms with Crippen molar-refractivity contribution in [3.05, 3.63) is 12.0 Å². The van der Waals surface area contributed by atoms with E-state index in [1.807, 2.05) is 4.72 Å². The zero-order valence-corrected chi connectivity index (χ0v) is 8.04. The van der Waals surface area contributed by atoms with E-state index in [1.54, 1.807) is 0 Å². The van der Waals surface area contributed by atoms with Crippen LogP contribution in [0.3, 0.4) is 0 Å². The third-order valence-corrected chi connectivity index (χ3v) is 2.59. The summed E-state index contributed by atoms with van der Waals surface area (Å²) in [6, 6.07) is -0.343. The highest BCUT2D eigenvalue weighted by molar-refractivity contribution is 7.92.